The van der Waals surface area contributed by atoms with Crippen LogP contribution in [0.15, 0.2) is 42.5 Å². The van der Waals surface area contributed by atoms with Crippen molar-refractivity contribution in [3.63, 3.8) is 0 Å². The minimum atomic E-state index is -4.63. The molecule has 13 nitrogen and oxygen atoms in total. The molecule has 1 saturated heterocycles. The number of ketones is 2. The van der Waals surface area contributed by atoms with Gasteiger partial charge in [-0.15, -0.1) is 0 Å². The number of amides is 2. The Morgan fingerprint density at radius 1 is 0.848 bits per heavy atom. The lowest BCUT2D eigenvalue weighted by atomic mass is 9.83. The van der Waals surface area contributed by atoms with Crippen LogP contribution in [0, 0.1) is 0 Å². The van der Waals surface area contributed by atoms with Crippen molar-refractivity contribution >= 4 is 31.2 Å². The number of carbonyl (C=O) groups excluding carboxylic acids is 4. The second kappa shape index (κ2) is 17.0. The quantitative estimate of drug-likeness (QED) is 0.0993. The predicted octanol–water partition coefficient (Wildman–Crippen LogP) is 3.03. The van der Waals surface area contributed by atoms with Gasteiger partial charge in [-0.1, -0.05) is 43.5 Å². The number of aliphatic hydroxyl groups is 1. The lowest BCUT2D eigenvalue weighted by Gasteiger charge is -2.18. The molecule has 46 heavy (non-hydrogen) atoms. The fourth-order valence-corrected chi connectivity index (χ4v) is 5.70. The second-order valence-corrected chi connectivity index (χ2v) is 12.6. The maximum atomic E-state index is 12.9. The Hall–Kier alpha value is -3.29. The molecule has 0 bridgehead atoms. The summed E-state index contributed by atoms with van der Waals surface area (Å²) < 4.78 is 26.2. The largest absolute Gasteiger partial charge is 0.469 e. The average Bonchev–Trinajstić information content (AvgIpc) is 3.39. The van der Waals surface area contributed by atoms with Crippen LogP contribution in [-0.4, -0.2) is 83.1 Å². The molecule has 2 amide bonds. The number of benzene rings is 2. The van der Waals surface area contributed by atoms with Crippen molar-refractivity contribution in [2.75, 3.05) is 26.3 Å². The van der Waals surface area contributed by atoms with E-state index in [9.17, 15) is 28.8 Å². The molecule has 5 N–H and O–H groups in total. The second-order valence-electron chi connectivity index (χ2n) is 11.4. The first kappa shape index (κ1) is 35.6. The third-order valence-electron chi connectivity index (χ3n) is 7.85. The number of nitrogens with one attached hydrogen (secondary N) is 2. The SMILES string of the molecule is O=C(CCCCCNC(=O)c1ccc2c(c1)C(=O)c1ccccc1C2=O)NCCCCCCOC1CC(O)C(COP(=O)(O)O)O1. The molecule has 0 saturated carbocycles. The van der Waals surface area contributed by atoms with Crippen molar-refractivity contribution in [2.24, 2.45) is 0 Å². The molecule has 0 aromatic heterocycles. The van der Waals surface area contributed by atoms with Crippen LogP contribution in [0.2, 0.25) is 0 Å². The molecule has 1 fully saturated rings. The standard InChI is InChI=1S/C32H41N2O11P/c35-26-19-29(45-27(26)20-44-46(40,41)42)43-17-9-2-1-7-15-33-28(36)12-4-3-8-16-34-32(39)21-13-14-24-25(18-21)31(38)23-11-6-5-10-22(23)30(24)37/h5-6,10-11,13-14,18,26-27,29,35H,1-4,7-9,12,15-17,19-20H2,(H,33,36)(H,34,39)(H2,40,41,42). The van der Waals surface area contributed by atoms with Gasteiger partial charge in [0.2, 0.25) is 5.91 Å². The van der Waals surface area contributed by atoms with Crippen molar-refractivity contribution in [2.45, 2.75) is 76.3 Å². The number of ether oxygens (including phenoxy) is 2. The first-order valence-corrected chi connectivity index (χ1v) is 17.1. The predicted molar refractivity (Wildman–Crippen MR) is 165 cm³/mol. The first-order chi connectivity index (χ1) is 22.0. The molecule has 4 rings (SSSR count). The molecule has 14 heteroatoms. The molecule has 1 aliphatic heterocycles. The van der Waals surface area contributed by atoms with E-state index in [-0.39, 0.29) is 35.4 Å². The van der Waals surface area contributed by atoms with E-state index in [1.165, 1.54) is 12.1 Å². The summed E-state index contributed by atoms with van der Waals surface area (Å²) in [6.45, 7) is 1.00. The molecule has 0 radical (unpaired) electrons. The molecule has 2 aliphatic rings. The van der Waals surface area contributed by atoms with Crippen LogP contribution in [-0.2, 0) is 23.4 Å². The van der Waals surface area contributed by atoms with E-state index < -0.39 is 32.9 Å². The summed E-state index contributed by atoms with van der Waals surface area (Å²) in [5, 5.41) is 15.7. The number of fused-ring (bicyclic) bond motifs is 2. The molecule has 1 heterocycles. The van der Waals surface area contributed by atoms with E-state index in [2.05, 4.69) is 15.2 Å². The van der Waals surface area contributed by atoms with Crippen LogP contribution < -0.4 is 10.6 Å². The van der Waals surface area contributed by atoms with Gasteiger partial charge >= 0.3 is 7.82 Å². The van der Waals surface area contributed by atoms with E-state index >= 15 is 0 Å². The maximum absolute atomic E-state index is 12.9. The molecular formula is C32H41N2O11P. The van der Waals surface area contributed by atoms with Crippen molar-refractivity contribution < 1.29 is 52.6 Å². The number of phosphoric ester groups is 1. The van der Waals surface area contributed by atoms with Crippen LogP contribution in [0.25, 0.3) is 0 Å². The van der Waals surface area contributed by atoms with Crippen molar-refractivity contribution in [3.05, 3.63) is 70.3 Å². The minimum absolute atomic E-state index is 0.0172. The molecule has 2 aromatic carbocycles. The Kier molecular flexibility index (Phi) is 13.2. The molecule has 1 aliphatic carbocycles. The van der Waals surface area contributed by atoms with Gasteiger partial charge in [0.15, 0.2) is 17.9 Å². The highest BCUT2D eigenvalue weighted by atomic mass is 31.2. The summed E-state index contributed by atoms with van der Waals surface area (Å²) in [5.41, 5.74) is 1.57. The normalized spacial score (nSPS) is 19.1. The number of hydrogen-bond acceptors (Lipinski definition) is 9. The zero-order valence-electron chi connectivity index (χ0n) is 25.5. The van der Waals surface area contributed by atoms with E-state index in [0.29, 0.717) is 61.2 Å². The maximum Gasteiger partial charge on any atom is 0.469 e. The van der Waals surface area contributed by atoms with Crippen molar-refractivity contribution in [1.82, 2.24) is 10.6 Å². The average molecular weight is 661 g/mol. The molecular weight excluding hydrogens is 619 g/mol. The number of hydrogen-bond donors (Lipinski definition) is 5. The van der Waals surface area contributed by atoms with Gasteiger partial charge in [-0.2, -0.15) is 0 Å². The summed E-state index contributed by atoms with van der Waals surface area (Å²) in [6, 6.07) is 11.2. The number of phosphoric acid groups is 1. The monoisotopic (exact) mass is 660 g/mol. The zero-order valence-corrected chi connectivity index (χ0v) is 26.4. The number of rotatable bonds is 18. The summed E-state index contributed by atoms with van der Waals surface area (Å²) >= 11 is 0. The van der Waals surface area contributed by atoms with Crippen LogP contribution in [0.3, 0.4) is 0 Å². The highest BCUT2D eigenvalue weighted by Crippen LogP contribution is 2.37. The van der Waals surface area contributed by atoms with Gasteiger partial charge in [0.25, 0.3) is 5.91 Å². The van der Waals surface area contributed by atoms with Crippen molar-refractivity contribution in [1.29, 1.82) is 0 Å². The summed E-state index contributed by atoms with van der Waals surface area (Å²) in [6.07, 6.45) is 3.72. The minimum Gasteiger partial charge on any atom is -0.390 e. The molecule has 3 atom stereocenters. The van der Waals surface area contributed by atoms with Gasteiger partial charge in [-0.3, -0.25) is 23.7 Å². The Morgan fingerprint density at radius 2 is 1.48 bits per heavy atom. The molecule has 3 unspecified atom stereocenters. The lowest BCUT2D eigenvalue weighted by Crippen LogP contribution is -2.26. The van der Waals surface area contributed by atoms with Gasteiger partial charge in [0.05, 0.1) is 12.7 Å². The van der Waals surface area contributed by atoms with E-state index in [1.807, 2.05) is 0 Å². The van der Waals surface area contributed by atoms with Gasteiger partial charge < -0.3 is 35.0 Å². The van der Waals surface area contributed by atoms with Gasteiger partial charge in [0.1, 0.15) is 6.10 Å². The van der Waals surface area contributed by atoms with Crippen LogP contribution in [0.1, 0.15) is 100.0 Å². The summed E-state index contributed by atoms with van der Waals surface area (Å²) in [4.78, 5) is 67.9. The fourth-order valence-electron chi connectivity index (χ4n) is 5.36. The zero-order chi connectivity index (χ0) is 33.1. The summed E-state index contributed by atoms with van der Waals surface area (Å²) in [5.74, 6) is -0.837. The Bertz CT molecular complexity index is 1440. The Morgan fingerprint density at radius 3 is 2.20 bits per heavy atom. The molecule has 0 spiro atoms. The van der Waals surface area contributed by atoms with Gasteiger partial charge in [-0.25, -0.2) is 4.57 Å². The topological polar surface area (TPSA) is 198 Å². The third kappa shape index (κ3) is 10.4. The Labute approximate surface area is 267 Å². The summed E-state index contributed by atoms with van der Waals surface area (Å²) in [7, 11) is -4.63. The van der Waals surface area contributed by atoms with Crippen molar-refractivity contribution in [3.8, 4) is 0 Å². The lowest BCUT2D eigenvalue weighted by molar-refractivity contribution is -0.143. The number of unbranched alkanes of at least 4 members (excludes halogenated alkanes) is 5. The smallest absolute Gasteiger partial charge is 0.390 e. The first-order valence-electron chi connectivity index (χ1n) is 15.6. The highest BCUT2D eigenvalue weighted by Gasteiger charge is 2.36. The molecule has 250 valence electrons. The van der Waals surface area contributed by atoms with E-state index in [1.54, 1.807) is 30.3 Å². The van der Waals surface area contributed by atoms with E-state index in [0.717, 1.165) is 32.1 Å². The fraction of sp³-hybridized carbons (Fsp3) is 0.500. The van der Waals surface area contributed by atoms with Gasteiger partial charge in [0, 0.05) is 60.4 Å². The van der Waals surface area contributed by atoms with E-state index in [4.69, 9.17) is 19.3 Å². The highest BCUT2D eigenvalue weighted by molar-refractivity contribution is 7.46. The Balaban J connectivity index is 0.993. The third-order valence-corrected chi connectivity index (χ3v) is 8.33. The van der Waals surface area contributed by atoms with Gasteiger partial charge in [-0.05, 0) is 43.9 Å². The molecule has 2 aromatic rings. The number of carbonyl (C=O) groups is 4. The van der Waals surface area contributed by atoms with Crippen LogP contribution in [0.4, 0.5) is 0 Å². The van der Waals surface area contributed by atoms with Crippen LogP contribution in [0.5, 0.6) is 0 Å². The number of aliphatic hydroxyl groups excluding tert-OH is 1. The van der Waals surface area contributed by atoms with Crippen LogP contribution >= 0.6 is 7.82 Å².